The van der Waals surface area contributed by atoms with E-state index in [1.54, 1.807) is 25.3 Å². The minimum absolute atomic E-state index is 0.0197. The molecule has 0 radical (unpaired) electrons. The molecule has 0 unspecified atom stereocenters. The van der Waals surface area contributed by atoms with Gasteiger partial charge in [-0.1, -0.05) is 0 Å². The smallest absolute Gasteiger partial charge is 0.224 e. The molecule has 4 nitrogen and oxygen atoms in total. The molecular weight excluding hydrogens is 272 g/mol. The Labute approximate surface area is 103 Å². The maximum atomic E-state index is 11.5. The van der Waals surface area contributed by atoms with Crippen molar-refractivity contribution in [2.24, 2.45) is 0 Å². The van der Waals surface area contributed by atoms with Gasteiger partial charge in [0.1, 0.15) is 0 Å². The Morgan fingerprint density at radius 1 is 1.56 bits per heavy atom. The number of ether oxygens (including phenoxy) is 1. The minimum Gasteiger partial charge on any atom is -0.398 e. The highest BCUT2D eigenvalue weighted by Gasteiger charge is 2.03. The van der Waals surface area contributed by atoms with Gasteiger partial charge in [-0.15, -0.1) is 0 Å². The highest BCUT2D eigenvalue weighted by atomic mass is 79.9. The van der Waals surface area contributed by atoms with Crippen molar-refractivity contribution in [1.29, 1.82) is 0 Å². The van der Waals surface area contributed by atoms with Crippen LogP contribution in [0.15, 0.2) is 22.7 Å². The van der Waals surface area contributed by atoms with Crippen molar-refractivity contribution in [3.05, 3.63) is 22.7 Å². The molecule has 0 fully saturated rings. The number of halogens is 1. The second kappa shape index (κ2) is 6.50. The molecule has 0 bridgehead atoms. The number of amides is 1. The molecule has 5 heteroatoms. The maximum absolute atomic E-state index is 11.5. The fourth-order valence-corrected chi connectivity index (χ4v) is 1.58. The summed E-state index contributed by atoms with van der Waals surface area (Å²) in [4.78, 5) is 11.5. The standard InChI is InChI=1S/C11H15BrN2O2/c1-16-6-2-3-11(15)14-8-4-5-10(13)9(12)7-8/h4-5,7H,2-3,6,13H2,1H3,(H,14,15). The van der Waals surface area contributed by atoms with Gasteiger partial charge < -0.3 is 15.8 Å². The quantitative estimate of drug-likeness (QED) is 0.645. The zero-order valence-electron chi connectivity index (χ0n) is 9.13. The lowest BCUT2D eigenvalue weighted by molar-refractivity contribution is -0.116. The molecule has 0 saturated heterocycles. The summed E-state index contributed by atoms with van der Waals surface area (Å²) in [6, 6.07) is 5.30. The van der Waals surface area contributed by atoms with Gasteiger partial charge in [0.2, 0.25) is 5.91 Å². The second-order valence-corrected chi connectivity index (χ2v) is 4.24. The number of hydrogen-bond acceptors (Lipinski definition) is 3. The number of anilines is 2. The molecule has 0 aliphatic carbocycles. The average Bonchev–Trinajstić information content (AvgIpc) is 2.24. The largest absolute Gasteiger partial charge is 0.398 e. The third-order valence-corrected chi connectivity index (χ3v) is 2.72. The van der Waals surface area contributed by atoms with Crippen molar-refractivity contribution < 1.29 is 9.53 Å². The number of nitrogen functional groups attached to an aromatic ring is 1. The van der Waals surface area contributed by atoms with E-state index in [9.17, 15) is 4.79 Å². The molecule has 0 heterocycles. The number of nitrogens with two attached hydrogens (primary N) is 1. The molecule has 0 atom stereocenters. The molecule has 0 aliphatic heterocycles. The predicted octanol–water partition coefficient (Wildman–Crippen LogP) is 2.40. The lowest BCUT2D eigenvalue weighted by Crippen LogP contribution is -2.12. The second-order valence-electron chi connectivity index (χ2n) is 3.38. The maximum Gasteiger partial charge on any atom is 0.224 e. The first kappa shape index (κ1) is 13.0. The Balaban J connectivity index is 2.46. The first-order chi connectivity index (χ1) is 7.63. The molecule has 0 aliphatic rings. The van der Waals surface area contributed by atoms with Gasteiger partial charge in [-0.05, 0) is 40.5 Å². The number of rotatable bonds is 5. The predicted molar refractivity (Wildman–Crippen MR) is 68.3 cm³/mol. The van der Waals surface area contributed by atoms with Gasteiger partial charge in [0.05, 0.1) is 0 Å². The average molecular weight is 287 g/mol. The van der Waals surface area contributed by atoms with Crippen LogP contribution in [0.5, 0.6) is 0 Å². The van der Waals surface area contributed by atoms with Gasteiger partial charge in [-0.3, -0.25) is 4.79 Å². The molecule has 0 aromatic heterocycles. The van der Waals surface area contributed by atoms with Gasteiger partial charge in [-0.2, -0.15) is 0 Å². The first-order valence-corrected chi connectivity index (χ1v) is 5.76. The van der Waals surface area contributed by atoms with Crippen LogP contribution < -0.4 is 11.1 Å². The number of carbonyl (C=O) groups excluding carboxylic acids is 1. The van der Waals surface area contributed by atoms with Gasteiger partial charge in [-0.25, -0.2) is 0 Å². The molecule has 1 amide bonds. The van der Waals surface area contributed by atoms with Crippen LogP contribution in [0.3, 0.4) is 0 Å². The Bertz CT molecular complexity index is 369. The fourth-order valence-electron chi connectivity index (χ4n) is 1.21. The molecule has 0 saturated carbocycles. The molecule has 16 heavy (non-hydrogen) atoms. The summed E-state index contributed by atoms with van der Waals surface area (Å²) in [5, 5.41) is 2.79. The van der Waals surface area contributed by atoms with Crippen LogP contribution in [-0.4, -0.2) is 19.6 Å². The molecule has 3 N–H and O–H groups in total. The van der Waals surface area contributed by atoms with E-state index in [0.29, 0.717) is 18.7 Å². The van der Waals surface area contributed by atoms with Crippen LogP contribution in [0.2, 0.25) is 0 Å². The Hall–Kier alpha value is -1.07. The van der Waals surface area contributed by atoms with Gasteiger partial charge >= 0.3 is 0 Å². The summed E-state index contributed by atoms with van der Waals surface area (Å²) >= 11 is 3.30. The zero-order chi connectivity index (χ0) is 12.0. The fraction of sp³-hybridized carbons (Fsp3) is 0.364. The summed E-state index contributed by atoms with van der Waals surface area (Å²) in [7, 11) is 1.62. The summed E-state index contributed by atoms with van der Waals surface area (Å²) in [5.41, 5.74) is 7.03. The van der Waals surface area contributed by atoms with Crippen LogP contribution in [-0.2, 0) is 9.53 Å². The van der Waals surface area contributed by atoms with Crippen molar-refractivity contribution >= 4 is 33.2 Å². The summed E-state index contributed by atoms with van der Waals surface area (Å²) < 4.78 is 5.65. The Morgan fingerprint density at radius 2 is 2.31 bits per heavy atom. The lowest BCUT2D eigenvalue weighted by atomic mass is 10.2. The number of hydrogen-bond donors (Lipinski definition) is 2. The van der Waals surface area contributed by atoms with E-state index >= 15 is 0 Å². The van der Waals surface area contributed by atoms with E-state index in [-0.39, 0.29) is 5.91 Å². The van der Waals surface area contributed by atoms with Gasteiger partial charge in [0, 0.05) is 36.0 Å². The van der Waals surface area contributed by atoms with Crippen molar-refractivity contribution in [2.75, 3.05) is 24.8 Å². The van der Waals surface area contributed by atoms with E-state index < -0.39 is 0 Å². The zero-order valence-corrected chi connectivity index (χ0v) is 10.7. The van der Waals surface area contributed by atoms with E-state index in [1.807, 2.05) is 0 Å². The number of nitrogens with one attached hydrogen (secondary N) is 1. The summed E-state index contributed by atoms with van der Waals surface area (Å²) in [6.45, 7) is 0.596. The number of carbonyl (C=O) groups is 1. The monoisotopic (exact) mass is 286 g/mol. The lowest BCUT2D eigenvalue weighted by Gasteiger charge is -2.06. The van der Waals surface area contributed by atoms with E-state index in [1.165, 1.54) is 0 Å². The molecule has 88 valence electrons. The van der Waals surface area contributed by atoms with E-state index in [2.05, 4.69) is 21.2 Å². The van der Waals surface area contributed by atoms with Crippen molar-refractivity contribution in [3.63, 3.8) is 0 Å². The van der Waals surface area contributed by atoms with Crippen LogP contribution >= 0.6 is 15.9 Å². The molecular formula is C11H15BrN2O2. The van der Waals surface area contributed by atoms with Crippen molar-refractivity contribution in [2.45, 2.75) is 12.8 Å². The van der Waals surface area contributed by atoms with Gasteiger partial charge in [0.25, 0.3) is 0 Å². The van der Waals surface area contributed by atoms with Gasteiger partial charge in [0.15, 0.2) is 0 Å². The van der Waals surface area contributed by atoms with Crippen molar-refractivity contribution in [1.82, 2.24) is 0 Å². The Morgan fingerprint density at radius 3 is 2.94 bits per heavy atom. The summed E-state index contributed by atoms with van der Waals surface area (Å²) in [6.07, 6.45) is 1.17. The normalized spacial score (nSPS) is 10.1. The molecule has 1 aromatic rings. The van der Waals surface area contributed by atoms with Crippen LogP contribution in [0, 0.1) is 0 Å². The first-order valence-electron chi connectivity index (χ1n) is 4.97. The van der Waals surface area contributed by atoms with Crippen LogP contribution in [0.25, 0.3) is 0 Å². The van der Waals surface area contributed by atoms with Crippen molar-refractivity contribution in [3.8, 4) is 0 Å². The summed E-state index contributed by atoms with van der Waals surface area (Å²) in [5.74, 6) is -0.0197. The number of methoxy groups -OCH3 is 1. The van der Waals surface area contributed by atoms with Crippen LogP contribution in [0.4, 0.5) is 11.4 Å². The highest BCUT2D eigenvalue weighted by molar-refractivity contribution is 9.10. The molecule has 1 rings (SSSR count). The van der Waals surface area contributed by atoms with E-state index in [0.717, 1.165) is 16.6 Å². The minimum atomic E-state index is -0.0197. The SMILES string of the molecule is COCCCC(=O)Nc1ccc(N)c(Br)c1. The Kier molecular flexibility index (Phi) is 5.28. The highest BCUT2D eigenvalue weighted by Crippen LogP contribution is 2.23. The van der Waals surface area contributed by atoms with E-state index in [4.69, 9.17) is 10.5 Å². The van der Waals surface area contributed by atoms with Crippen LogP contribution in [0.1, 0.15) is 12.8 Å². The molecule has 0 spiro atoms. The molecule has 1 aromatic carbocycles. The third-order valence-electron chi connectivity index (χ3n) is 2.04. The number of benzene rings is 1. The topological polar surface area (TPSA) is 64.3 Å². The third kappa shape index (κ3) is 4.20.